The van der Waals surface area contributed by atoms with E-state index >= 15 is 0 Å². The molecule has 0 aliphatic rings. The van der Waals surface area contributed by atoms with Crippen LogP contribution in [0.1, 0.15) is 16.1 Å². The molecule has 0 fully saturated rings. The molecule has 0 spiro atoms. The number of hydrogen-bond donors (Lipinski definition) is 1. The predicted octanol–water partition coefficient (Wildman–Crippen LogP) is 2.88. The van der Waals surface area contributed by atoms with E-state index in [1.54, 1.807) is 30.3 Å². The molecule has 0 saturated carbocycles. The highest BCUT2D eigenvalue weighted by atomic mass is 35.5. The second kappa shape index (κ2) is 6.76. The number of rotatable bonds is 4. The van der Waals surface area contributed by atoms with Crippen molar-refractivity contribution in [1.29, 1.82) is 0 Å². The first-order valence-electron chi connectivity index (χ1n) is 6.01. The average Bonchev–Trinajstić information content (AvgIpc) is 3.02. The summed E-state index contributed by atoms with van der Waals surface area (Å²) in [6, 6.07) is 9.98. The molecular formula is C15H12ClNO4. The molecule has 2 aromatic rings. The molecule has 108 valence electrons. The maximum absolute atomic E-state index is 11.9. The van der Waals surface area contributed by atoms with Crippen molar-refractivity contribution in [1.82, 2.24) is 5.32 Å². The first-order valence-corrected chi connectivity index (χ1v) is 6.39. The first-order chi connectivity index (χ1) is 10.1. The Morgan fingerprint density at radius 3 is 2.62 bits per heavy atom. The highest BCUT2D eigenvalue weighted by Crippen LogP contribution is 2.18. The van der Waals surface area contributed by atoms with Gasteiger partial charge in [-0.15, -0.1) is 0 Å². The number of amides is 1. The molecular weight excluding hydrogens is 294 g/mol. The van der Waals surface area contributed by atoms with Crippen molar-refractivity contribution < 1.29 is 18.7 Å². The van der Waals surface area contributed by atoms with Gasteiger partial charge in [-0.25, -0.2) is 4.79 Å². The number of nitrogens with one attached hydrogen (secondary N) is 1. The van der Waals surface area contributed by atoms with E-state index in [-0.39, 0.29) is 11.5 Å². The molecule has 0 aliphatic heterocycles. The summed E-state index contributed by atoms with van der Waals surface area (Å²) in [6.45, 7) is 0. The highest BCUT2D eigenvalue weighted by molar-refractivity contribution is 6.32. The number of carbonyl (C=O) groups excluding carboxylic acids is 2. The van der Waals surface area contributed by atoms with Crippen molar-refractivity contribution in [2.45, 2.75) is 0 Å². The zero-order valence-electron chi connectivity index (χ0n) is 11.1. The lowest BCUT2D eigenvalue weighted by Gasteiger charge is -2.07. The number of halogens is 1. The Kier molecular flexibility index (Phi) is 4.79. The lowest BCUT2D eigenvalue weighted by atomic mass is 10.2. The molecule has 1 aromatic heterocycles. The molecule has 1 N–H and O–H groups in total. The van der Waals surface area contributed by atoms with Crippen LogP contribution in [0.4, 0.5) is 0 Å². The van der Waals surface area contributed by atoms with Crippen LogP contribution < -0.4 is 5.32 Å². The molecule has 2 rings (SSSR count). The van der Waals surface area contributed by atoms with E-state index in [0.29, 0.717) is 10.6 Å². The van der Waals surface area contributed by atoms with E-state index in [0.717, 1.165) is 0 Å². The molecule has 1 aromatic carbocycles. The van der Waals surface area contributed by atoms with Crippen molar-refractivity contribution in [2.75, 3.05) is 7.11 Å². The lowest BCUT2D eigenvalue weighted by molar-refractivity contribution is -0.136. The molecule has 6 heteroatoms. The fraction of sp³-hybridized carbons (Fsp3) is 0.0667. The minimum atomic E-state index is -0.685. The third kappa shape index (κ3) is 3.73. The van der Waals surface area contributed by atoms with Gasteiger partial charge in [-0.1, -0.05) is 29.8 Å². The Morgan fingerprint density at radius 2 is 2.00 bits per heavy atom. The van der Waals surface area contributed by atoms with Crippen molar-refractivity contribution in [3.05, 3.63) is 64.7 Å². The average molecular weight is 306 g/mol. The number of ether oxygens (including phenoxy) is 1. The van der Waals surface area contributed by atoms with Gasteiger partial charge >= 0.3 is 5.97 Å². The van der Waals surface area contributed by atoms with Crippen LogP contribution in [0.3, 0.4) is 0 Å². The molecule has 0 aliphatic carbocycles. The Balaban J connectivity index is 2.29. The Labute approximate surface area is 126 Å². The molecule has 0 saturated heterocycles. The summed E-state index contributed by atoms with van der Waals surface area (Å²) in [7, 11) is 1.22. The van der Waals surface area contributed by atoms with Crippen LogP contribution in [0.25, 0.3) is 6.08 Å². The molecule has 0 radical (unpaired) electrons. The summed E-state index contributed by atoms with van der Waals surface area (Å²) in [4.78, 5) is 23.7. The molecule has 5 nitrogen and oxygen atoms in total. The minimum absolute atomic E-state index is 0.0352. The van der Waals surface area contributed by atoms with Gasteiger partial charge in [0.2, 0.25) is 0 Å². The van der Waals surface area contributed by atoms with Crippen LogP contribution in [0.5, 0.6) is 0 Å². The fourth-order valence-corrected chi connectivity index (χ4v) is 1.79. The predicted molar refractivity (Wildman–Crippen MR) is 77.6 cm³/mol. The zero-order valence-corrected chi connectivity index (χ0v) is 11.9. The molecule has 0 bridgehead atoms. The maximum Gasteiger partial charge on any atom is 0.354 e. The van der Waals surface area contributed by atoms with E-state index in [1.165, 1.54) is 25.5 Å². The van der Waals surface area contributed by atoms with Gasteiger partial charge in [0.05, 0.1) is 13.4 Å². The van der Waals surface area contributed by atoms with E-state index in [2.05, 4.69) is 10.1 Å². The summed E-state index contributed by atoms with van der Waals surface area (Å²) in [5.41, 5.74) is 0.548. The standard InChI is InChI=1S/C15H12ClNO4/c1-20-15(19)12(9-10-5-2-3-6-11(10)16)17-14(18)13-7-4-8-21-13/h2-9H,1H3,(H,17,18)/b12-9-. The topological polar surface area (TPSA) is 68.5 Å². The second-order valence-electron chi connectivity index (χ2n) is 4.00. The molecule has 0 unspecified atom stereocenters. The third-order valence-corrected chi connectivity index (χ3v) is 2.95. The monoisotopic (exact) mass is 305 g/mol. The number of esters is 1. The van der Waals surface area contributed by atoms with Crippen molar-refractivity contribution in [3.8, 4) is 0 Å². The smallest absolute Gasteiger partial charge is 0.354 e. The van der Waals surface area contributed by atoms with Gasteiger partial charge in [-0.2, -0.15) is 0 Å². The molecule has 1 amide bonds. The van der Waals surface area contributed by atoms with Gasteiger partial charge in [-0.3, -0.25) is 4.79 Å². The zero-order chi connectivity index (χ0) is 15.2. The largest absolute Gasteiger partial charge is 0.464 e. The minimum Gasteiger partial charge on any atom is -0.464 e. The second-order valence-corrected chi connectivity index (χ2v) is 4.41. The number of hydrogen-bond acceptors (Lipinski definition) is 4. The van der Waals surface area contributed by atoms with Crippen LogP contribution in [0.2, 0.25) is 5.02 Å². The van der Waals surface area contributed by atoms with Gasteiger partial charge in [0.1, 0.15) is 5.70 Å². The number of benzene rings is 1. The number of furan rings is 1. The van der Waals surface area contributed by atoms with E-state index in [9.17, 15) is 9.59 Å². The third-order valence-electron chi connectivity index (χ3n) is 2.60. The number of methoxy groups -OCH3 is 1. The van der Waals surface area contributed by atoms with Gasteiger partial charge in [0.15, 0.2) is 5.76 Å². The Morgan fingerprint density at radius 1 is 1.24 bits per heavy atom. The van der Waals surface area contributed by atoms with E-state index < -0.39 is 11.9 Å². The van der Waals surface area contributed by atoms with Crippen LogP contribution >= 0.6 is 11.6 Å². The quantitative estimate of drug-likeness (QED) is 0.696. The van der Waals surface area contributed by atoms with Crippen LogP contribution in [0.15, 0.2) is 52.8 Å². The lowest BCUT2D eigenvalue weighted by Crippen LogP contribution is -2.27. The van der Waals surface area contributed by atoms with Crippen LogP contribution in [-0.2, 0) is 9.53 Å². The molecule has 0 atom stereocenters. The molecule has 1 heterocycles. The van der Waals surface area contributed by atoms with Crippen molar-refractivity contribution >= 4 is 29.6 Å². The van der Waals surface area contributed by atoms with Crippen molar-refractivity contribution in [3.63, 3.8) is 0 Å². The summed E-state index contributed by atoms with van der Waals surface area (Å²) in [5, 5.41) is 2.89. The Hall–Kier alpha value is -2.53. The maximum atomic E-state index is 11.9. The first kappa shape index (κ1) is 14.9. The van der Waals surface area contributed by atoms with Gasteiger partial charge in [0, 0.05) is 5.02 Å². The summed E-state index contributed by atoms with van der Waals surface area (Å²) in [5.74, 6) is -1.15. The fourth-order valence-electron chi connectivity index (χ4n) is 1.60. The van der Waals surface area contributed by atoms with Crippen molar-refractivity contribution in [2.24, 2.45) is 0 Å². The van der Waals surface area contributed by atoms with Gasteiger partial charge in [0.25, 0.3) is 5.91 Å². The normalized spacial score (nSPS) is 11.0. The van der Waals surface area contributed by atoms with Gasteiger partial charge < -0.3 is 14.5 Å². The summed E-state index contributed by atoms with van der Waals surface area (Å²) >= 11 is 6.02. The number of carbonyl (C=O) groups is 2. The van der Waals surface area contributed by atoms with E-state index in [1.807, 2.05) is 0 Å². The van der Waals surface area contributed by atoms with Crippen LogP contribution in [0, 0.1) is 0 Å². The summed E-state index contributed by atoms with van der Waals surface area (Å²) in [6.07, 6.45) is 2.81. The Bertz CT molecular complexity index is 677. The van der Waals surface area contributed by atoms with E-state index in [4.69, 9.17) is 16.0 Å². The van der Waals surface area contributed by atoms with Crippen LogP contribution in [-0.4, -0.2) is 19.0 Å². The molecule has 21 heavy (non-hydrogen) atoms. The van der Waals surface area contributed by atoms with Gasteiger partial charge in [-0.05, 0) is 29.8 Å². The SMILES string of the molecule is COC(=O)/C(=C/c1ccccc1Cl)NC(=O)c1ccco1. The highest BCUT2D eigenvalue weighted by Gasteiger charge is 2.16. The summed E-state index contributed by atoms with van der Waals surface area (Å²) < 4.78 is 9.61.